The molecule has 0 aliphatic heterocycles. The zero-order valence-corrected chi connectivity index (χ0v) is 11.8. The van der Waals surface area contributed by atoms with Crippen molar-refractivity contribution in [1.82, 2.24) is 0 Å². The van der Waals surface area contributed by atoms with Crippen LogP contribution in [-0.4, -0.2) is 23.3 Å². The number of esters is 1. The number of hydrogen-bond acceptors (Lipinski definition) is 4. The highest BCUT2D eigenvalue weighted by Crippen LogP contribution is 2.31. The lowest BCUT2D eigenvalue weighted by Gasteiger charge is -2.18. The maximum absolute atomic E-state index is 11.4. The number of rotatable bonds is 5. The second-order valence-corrected chi connectivity index (χ2v) is 4.85. The van der Waals surface area contributed by atoms with Crippen molar-refractivity contribution >= 4 is 5.97 Å². The van der Waals surface area contributed by atoms with Gasteiger partial charge in [0.2, 0.25) is 0 Å². The van der Waals surface area contributed by atoms with E-state index < -0.39 is 0 Å². The Kier molecular flexibility index (Phi) is 4.82. The molecule has 0 saturated heterocycles. The van der Waals surface area contributed by atoms with Gasteiger partial charge in [-0.1, -0.05) is 24.3 Å². The fourth-order valence-electron chi connectivity index (χ4n) is 2.30. The molecule has 110 valence electrons. The Morgan fingerprint density at radius 2 is 1.38 bits per heavy atom. The number of phenolic OH excluding ortho intramolecular Hbond substituents is 2. The second-order valence-electron chi connectivity index (χ2n) is 4.85. The number of carbonyl (C=O) groups excluding carboxylic acids is 1. The van der Waals surface area contributed by atoms with Gasteiger partial charge in [-0.3, -0.25) is 4.79 Å². The van der Waals surface area contributed by atoms with Gasteiger partial charge in [-0.2, -0.15) is 0 Å². The minimum Gasteiger partial charge on any atom is -0.508 e. The summed E-state index contributed by atoms with van der Waals surface area (Å²) < 4.78 is 4.69. The van der Waals surface area contributed by atoms with Crippen molar-refractivity contribution in [1.29, 1.82) is 0 Å². The van der Waals surface area contributed by atoms with Gasteiger partial charge < -0.3 is 14.9 Å². The lowest BCUT2D eigenvalue weighted by Crippen LogP contribution is -2.06. The van der Waals surface area contributed by atoms with E-state index >= 15 is 0 Å². The van der Waals surface area contributed by atoms with Crippen molar-refractivity contribution in [3.05, 3.63) is 59.7 Å². The number of methoxy groups -OCH3 is 1. The van der Waals surface area contributed by atoms with Crippen molar-refractivity contribution in [2.24, 2.45) is 0 Å². The Hall–Kier alpha value is -2.49. The number of ether oxygens (including phenoxy) is 1. The Labute approximate surface area is 123 Å². The smallest absolute Gasteiger partial charge is 0.305 e. The Morgan fingerprint density at radius 1 is 0.952 bits per heavy atom. The molecule has 0 aromatic heterocycles. The zero-order valence-electron chi connectivity index (χ0n) is 11.8. The van der Waals surface area contributed by atoms with Gasteiger partial charge >= 0.3 is 5.97 Å². The highest BCUT2D eigenvalue weighted by Gasteiger charge is 2.16. The number of carbonyl (C=O) groups is 1. The molecule has 0 aliphatic carbocycles. The summed E-state index contributed by atoms with van der Waals surface area (Å²) in [5.41, 5.74) is 2.00. The van der Waals surface area contributed by atoms with E-state index in [4.69, 9.17) is 4.74 Å². The molecule has 0 fully saturated rings. The van der Waals surface area contributed by atoms with E-state index in [-0.39, 0.29) is 23.4 Å². The first-order valence-electron chi connectivity index (χ1n) is 6.75. The van der Waals surface area contributed by atoms with Crippen LogP contribution in [0, 0.1) is 0 Å². The van der Waals surface area contributed by atoms with Crippen LogP contribution in [0.4, 0.5) is 0 Å². The van der Waals surface area contributed by atoms with Crippen molar-refractivity contribution in [2.45, 2.75) is 18.8 Å². The number of phenols is 2. The molecule has 2 aromatic carbocycles. The quantitative estimate of drug-likeness (QED) is 0.828. The van der Waals surface area contributed by atoms with Crippen molar-refractivity contribution in [2.75, 3.05) is 7.11 Å². The molecule has 21 heavy (non-hydrogen) atoms. The topological polar surface area (TPSA) is 66.8 Å². The first-order chi connectivity index (χ1) is 10.1. The van der Waals surface area contributed by atoms with E-state index in [1.807, 2.05) is 24.3 Å². The van der Waals surface area contributed by atoms with E-state index in [2.05, 4.69) is 0 Å². The summed E-state index contributed by atoms with van der Waals surface area (Å²) in [6.07, 6.45) is 0.908. The normalized spacial score (nSPS) is 10.6. The molecule has 2 rings (SSSR count). The van der Waals surface area contributed by atoms with Gasteiger partial charge in [0.05, 0.1) is 7.11 Å². The highest BCUT2D eigenvalue weighted by molar-refractivity contribution is 5.69. The summed E-state index contributed by atoms with van der Waals surface area (Å²) in [5, 5.41) is 18.8. The summed E-state index contributed by atoms with van der Waals surface area (Å²) in [6, 6.07) is 13.9. The second kappa shape index (κ2) is 6.79. The summed E-state index contributed by atoms with van der Waals surface area (Å²) in [7, 11) is 1.37. The maximum Gasteiger partial charge on any atom is 0.305 e. The zero-order chi connectivity index (χ0) is 15.2. The lowest BCUT2D eigenvalue weighted by atomic mass is 9.87. The van der Waals surface area contributed by atoms with E-state index in [0.717, 1.165) is 11.1 Å². The monoisotopic (exact) mass is 286 g/mol. The SMILES string of the molecule is COC(=O)CCC(c1ccc(O)cc1)c1ccc(O)cc1. The van der Waals surface area contributed by atoms with Crippen LogP contribution < -0.4 is 0 Å². The number of hydrogen-bond donors (Lipinski definition) is 2. The van der Waals surface area contributed by atoms with Crippen LogP contribution in [0.25, 0.3) is 0 Å². The molecule has 0 atom stereocenters. The summed E-state index contributed by atoms with van der Waals surface area (Å²) >= 11 is 0. The molecule has 0 bridgehead atoms. The molecular weight excluding hydrogens is 268 g/mol. The standard InChI is InChI=1S/C17H18O4/c1-21-17(20)11-10-16(12-2-6-14(18)7-3-12)13-4-8-15(19)9-5-13/h2-9,16,18-19H,10-11H2,1H3. The van der Waals surface area contributed by atoms with Crippen LogP contribution in [-0.2, 0) is 9.53 Å². The minimum absolute atomic E-state index is 0.00491. The van der Waals surface area contributed by atoms with E-state index in [1.165, 1.54) is 7.11 Å². The average Bonchev–Trinajstić information content (AvgIpc) is 2.50. The molecule has 2 N–H and O–H groups in total. The summed E-state index contributed by atoms with van der Waals surface area (Å²) in [5.74, 6) is 0.162. The number of benzene rings is 2. The summed E-state index contributed by atoms with van der Waals surface area (Å²) in [6.45, 7) is 0. The number of aromatic hydroxyl groups is 2. The third-order valence-corrected chi connectivity index (χ3v) is 3.46. The average molecular weight is 286 g/mol. The van der Waals surface area contributed by atoms with E-state index in [0.29, 0.717) is 12.8 Å². The van der Waals surface area contributed by atoms with Gasteiger partial charge in [-0.15, -0.1) is 0 Å². The molecule has 0 saturated carbocycles. The lowest BCUT2D eigenvalue weighted by molar-refractivity contribution is -0.140. The Morgan fingerprint density at radius 3 is 1.76 bits per heavy atom. The predicted octanol–water partition coefficient (Wildman–Crippen LogP) is 3.18. The van der Waals surface area contributed by atoms with Crippen LogP contribution in [0.2, 0.25) is 0 Å². The fourth-order valence-corrected chi connectivity index (χ4v) is 2.30. The third-order valence-electron chi connectivity index (χ3n) is 3.46. The molecule has 4 nitrogen and oxygen atoms in total. The van der Waals surface area contributed by atoms with E-state index in [9.17, 15) is 15.0 Å². The Bertz CT molecular complexity index is 542. The molecule has 0 spiro atoms. The molecule has 0 aliphatic rings. The van der Waals surface area contributed by atoms with Gasteiger partial charge in [-0.25, -0.2) is 0 Å². The van der Waals surface area contributed by atoms with Crippen LogP contribution in [0.5, 0.6) is 11.5 Å². The Balaban J connectivity index is 2.27. The molecule has 4 heteroatoms. The van der Waals surface area contributed by atoms with Crippen LogP contribution in [0.3, 0.4) is 0 Å². The molecule has 0 heterocycles. The van der Waals surface area contributed by atoms with Gasteiger partial charge in [-0.05, 0) is 41.8 Å². The predicted molar refractivity (Wildman–Crippen MR) is 79.3 cm³/mol. The molecule has 0 radical (unpaired) electrons. The molecule has 2 aromatic rings. The van der Waals surface area contributed by atoms with Gasteiger partial charge in [0.15, 0.2) is 0 Å². The summed E-state index contributed by atoms with van der Waals surface area (Å²) in [4.78, 5) is 11.4. The van der Waals surface area contributed by atoms with Crippen molar-refractivity contribution in [3.8, 4) is 11.5 Å². The minimum atomic E-state index is -0.252. The first-order valence-corrected chi connectivity index (χ1v) is 6.75. The van der Waals surface area contributed by atoms with Crippen molar-refractivity contribution in [3.63, 3.8) is 0 Å². The molecular formula is C17H18O4. The van der Waals surface area contributed by atoms with Gasteiger partial charge in [0, 0.05) is 12.3 Å². The van der Waals surface area contributed by atoms with Gasteiger partial charge in [0.25, 0.3) is 0 Å². The van der Waals surface area contributed by atoms with E-state index in [1.54, 1.807) is 24.3 Å². The van der Waals surface area contributed by atoms with Crippen LogP contribution in [0.15, 0.2) is 48.5 Å². The molecule has 0 amide bonds. The molecule has 0 unspecified atom stereocenters. The van der Waals surface area contributed by atoms with Crippen LogP contribution >= 0.6 is 0 Å². The highest BCUT2D eigenvalue weighted by atomic mass is 16.5. The third kappa shape index (κ3) is 3.99. The largest absolute Gasteiger partial charge is 0.508 e. The fraction of sp³-hybridized carbons (Fsp3) is 0.235. The van der Waals surface area contributed by atoms with Crippen LogP contribution in [0.1, 0.15) is 29.9 Å². The van der Waals surface area contributed by atoms with Crippen molar-refractivity contribution < 1.29 is 19.7 Å². The maximum atomic E-state index is 11.4. The first kappa shape index (κ1) is 14.9. The van der Waals surface area contributed by atoms with Gasteiger partial charge in [0.1, 0.15) is 11.5 Å².